The van der Waals surface area contributed by atoms with E-state index < -0.39 is 12.0 Å². The fraction of sp³-hybridized carbons (Fsp3) is 0.788. The lowest BCUT2D eigenvalue weighted by atomic mass is 10.0. The highest BCUT2D eigenvalue weighted by Gasteiger charge is 2.19. The molecule has 7 heteroatoms. The van der Waals surface area contributed by atoms with Crippen molar-refractivity contribution in [1.29, 1.82) is 0 Å². The topological polar surface area (TPSA) is 119 Å². The lowest BCUT2D eigenvalue weighted by Crippen LogP contribution is -2.40. The highest BCUT2D eigenvalue weighted by molar-refractivity contribution is 5.83. The fourth-order valence-electron chi connectivity index (χ4n) is 4.54. The van der Waals surface area contributed by atoms with Crippen LogP contribution in [0.3, 0.4) is 0 Å². The largest absolute Gasteiger partial charge is 0.480 e. The van der Waals surface area contributed by atoms with E-state index in [1.807, 2.05) is 0 Å². The van der Waals surface area contributed by atoms with Gasteiger partial charge in [0.1, 0.15) is 12.1 Å². The molecule has 40 heavy (non-hydrogen) atoms. The Balaban J connectivity index is 4.09. The van der Waals surface area contributed by atoms with E-state index in [1.165, 1.54) is 19.3 Å². The smallest absolute Gasteiger partial charge is 0.326 e. The summed E-state index contributed by atoms with van der Waals surface area (Å²) in [7, 11) is 0. The first-order valence-electron chi connectivity index (χ1n) is 16.2. The Morgan fingerprint density at radius 1 is 0.725 bits per heavy atom. The van der Waals surface area contributed by atoms with Gasteiger partial charge < -0.3 is 20.9 Å². The van der Waals surface area contributed by atoms with Gasteiger partial charge >= 0.3 is 11.9 Å². The molecule has 232 valence electrons. The van der Waals surface area contributed by atoms with Crippen molar-refractivity contribution < 1.29 is 24.2 Å². The number of unbranched alkanes of at least 4 members (excludes halogenated alkanes) is 10. The van der Waals surface area contributed by atoms with E-state index in [-0.39, 0.29) is 18.0 Å². The third-order valence-electron chi connectivity index (χ3n) is 7.00. The number of esters is 1. The molecule has 4 N–H and O–H groups in total. The molecule has 0 radical (unpaired) electrons. The van der Waals surface area contributed by atoms with Crippen LogP contribution in [0.15, 0.2) is 24.3 Å². The van der Waals surface area contributed by atoms with Crippen LogP contribution in [0.2, 0.25) is 0 Å². The molecule has 0 saturated heterocycles. The van der Waals surface area contributed by atoms with Crippen molar-refractivity contribution >= 4 is 17.8 Å². The summed E-state index contributed by atoms with van der Waals surface area (Å²) in [6.07, 6.45) is 28.2. The standard InChI is InChI=1S/C33H60N2O5/c1-3-5-7-8-9-10-11-12-13-14-15-16-21-27-32(37)40-29(23-18-6-4-2)24-19-17-20-26-31(36)35-30(33(38)39)25-22-28-34/h7-8,10-11,29-30H,3-6,9,12-28,34H2,1-2H3,(H,35,36)(H,38,39)/b8-7-,11-10-. The SMILES string of the molecule is CCC/C=C\C/C=C\CCCCCCCC(=O)OC(CCCCC)CCCCCC(=O)NC(CCCN)C(=O)O. The van der Waals surface area contributed by atoms with Gasteiger partial charge in [-0.1, -0.05) is 83.1 Å². The van der Waals surface area contributed by atoms with Crippen LogP contribution in [0.1, 0.15) is 149 Å². The van der Waals surface area contributed by atoms with Crippen molar-refractivity contribution in [3.05, 3.63) is 24.3 Å². The number of carboxylic acid groups (broad SMARTS) is 1. The normalized spacial score (nSPS) is 13.1. The zero-order valence-corrected chi connectivity index (χ0v) is 25.7. The zero-order valence-electron chi connectivity index (χ0n) is 25.7. The van der Waals surface area contributed by atoms with Crippen molar-refractivity contribution in [2.45, 2.75) is 161 Å². The third-order valence-corrected chi connectivity index (χ3v) is 7.00. The lowest BCUT2D eigenvalue weighted by Gasteiger charge is -2.18. The summed E-state index contributed by atoms with van der Waals surface area (Å²) in [5.74, 6) is -1.34. The number of hydrogen-bond donors (Lipinski definition) is 3. The van der Waals surface area contributed by atoms with Crippen molar-refractivity contribution in [3.63, 3.8) is 0 Å². The number of ether oxygens (including phenoxy) is 1. The number of amides is 1. The Bertz CT molecular complexity index is 692. The van der Waals surface area contributed by atoms with Gasteiger partial charge in [0.2, 0.25) is 5.91 Å². The van der Waals surface area contributed by atoms with Crippen molar-refractivity contribution in [3.8, 4) is 0 Å². The number of hydrogen-bond acceptors (Lipinski definition) is 5. The molecule has 0 rings (SSSR count). The van der Waals surface area contributed by atoms with Crippen LogP contribution in [0.5, 0.6) is 0 Å². The summed E-state index contributed by atoms with van der Waals surface area (Å²) >= 11 is 0. The van der Waals surface area contributed by atoms with Crippen molar-refractivity contribution in [2.75, 3.05) is 6.54 Å². The molecule has 2 unspecified atom stereocenters. The van der Waals surface area contributed by atoms with Gasteiger partial charge in [0.15, 0.2) is 0 Å². The molecule has 0 aliphatic heterocycles. The van der Waals surface area contributed by atoms with Crippen molar-refractivity contribution in [1.82, 2.24) is 5.32 Å². The molecule has 7 nitrogen and oxygen atoms in total. The molecule has 0 aliphatic carbocycles. The summed E-state index contributed by atoms with van der Waals surface area (Å²) in [4.78, 5) is 35.9. The Morgan fingerprint density at radius 2 is 1.35 bits per heavy atom. The monoisotopic (exact) mass is 564 g/mol. The molecule has 2 atom stereocenters. The van der Waals surface area contributed by atoms with E-state index in [1.54, 1.807) is 0 Å². The number of aliphatic carboxylic acids is 1. The molecule has 1 amide bonds. The van der Waals surface area contributed by atoms with Gasteiger partial charge in [-0.05, 0) is 83.6 Å². The second-order valence-corrected chi connectivity index (χ2v) is 10.9. The number of carbonyl (C=O) groups excluding carboxylic acids is 2. The maximum atomic E-state index is 12.5. The Morgan fingerprint density at radius 3 is 2.02 bits per heavy atom. The molecule has 0 aromatic rings. The van der Waals surface area contributed by atoms with Crippen LogP contribution in [0.25, 0.3) is 0 Å². The number of carbonyl (C=O) groups is 3. The Labute approximate surface area is 244 Å². The maximum absolute atomic E-state index is 12.5. The Kier molecular flexibility index (Phi) is 26.9. The molecule has 0 aliphatic rings. The predicted molar refractivity (Wildman–Crippen MR) is 165 cm³/mol. The van der Waals surface area contributed by atoms with E-state index in [0.29, 0.717) is 38.6 Å². The first-order chi connectivity index (χ1) is 19.4. The van der Waals surface area contributed by atoms with Gasteiger partial charge in [-0.15, -0.1) is 0 Å². The van der Waals surface area contributed by atoms with Gasteiger partial charge in [0.05, 0.1) is 0 Å². The number of rotatable bonds is 28. The third kappa shape index (κ3) is 24.9. The lowest BCUT2D eigenvalue weighted by molar-refractivity contribution is -0.150. The van der Waals surface area contributed by atoms with Crippen LogP contribution < -0.4 is 11.1 Å². The average molecular weight is 565 g/mol. The first kappa shape index (κ1) is 37.9. The van der Waals surface area contributed by atoms with E-state index in [9.17, 15) is 19.5 Å². The number of carboxylic acids is 1. The van der Waals surface area contributed by atoms with Crippen LogP contribution in [-0.2, 0) is 19.1 Å². The summed E-state index contributed by atoms with van der Waals surface area (Å²) in [6.45, 7) is 4.76. The summed E-state index contributed by atoms with van der Waals surface area (Å²) in [5, 5.41) is 11.8. The molecule has 0 fully saturated rings. The minimum absolute atomic E-state index is 0.0517. The molecule has 0 heterocycles. The van der Waals surface area contributed by atoms with E-state index in [4.69, 9.17) is 10.5 Å². The summed E-state index contributed by atoms with van der Waals surface area (Å²) < 4.78 is 5.84. The zero-order chi connectivity index (χ0) is 29.7. The minimum atomic E-state index is -1.02. The van der Waals surface area contributed by atoms with Crippen molar-refractivity contribution in [2.24, 2.45) is 5.73 Å². The van der Waals surface area contributed by atoms with Gasteiger partial charge in [-0.2, -0.15) is 0 Å². The number of nitrogens with one attached hydrogen (secondary N) is 1. The highest BCUT2D eigenvalue weighted by Crippen LogP contribution is 2.17. The number of allylic oxidation sites excluding steroid dienone is 4. The van der Waals surface area contributed by atoms with Crippen LogP contribution in [0, 0.1) is 0 Å². The van der Waals surface area contributed by atoms with Crippen LogP contribution in [-0.4, -0.2) is 41.6 Å². The van der Waals surface area contributed by atoms with Gasteiger partial charge in [0, 0.05) is 12.8 Å². The fourth-order valence-corrected chi connectivity index (χ4v) is 4.54. The first-order valence-corrected chi connectivity index (χ1v) is 16.2. The van der Waals surface area contributed by atoms with Crippen LogP contribution in [0.4, 0.5) is 0 Å². The quantitative estimate of drug-likeness (QED) is 0.0507. The molecule has 0 spiro atoms. The molecule has 0 bridgehead atoms. The highest BCUT2D eigenvalue weighted by atomic mass is 16.5. The second-order valence-electron chi connectivity index (χ2n) is 10.9. The molecular weight excluding hydrogens is 504 g/mol. The summed E-state index contributed by atoms with van der Waals surface area (Å²) in [5.41, 5.74) is 5.44. The molecule has 0 saturated carbocycles. The molecular formula is C33H60N2O5. The van der Waals surface area contributed by atoms with Gasteiger partial charge in [-0.25, -0.2) is 4.79 Å². The maximum Gasteiger partial charge on any atom is 0.326 e. The minimum Gasteiger partial charge on any atom is -0.480 e. The van der Waals surface area contributed by atoms with E-state index in [0.717, 1.165) is 83.5 Å². The second kappa shape index (κ2) is 28.4. The average Bonchev–Trinajstić information content (AvgIpc) is 2.93. The van der Waals surface area contributed by atoms with Crippen LogP contribution >= 0.6 is 0 Å². The molecule has 0 aromatic heterocycles. The van der Waals surface area contributed by atoms with E-state index in [2.05, 4.69) is 43.5 Å². The van der Waals surface area contributed by atoms with Gasteiger partial charge in [0.25, 0.3) is 0 Å². The summed E-state index contributed by atoms with van der Waals surface area (Å²) in [6, 6.07) is -0.872. The Hall–Kier alpha value is -2.15. The van der Waals surface area contributed by atoms with Gasteiger partial charge in [-0.3, -0.25) is 9.59 Å². The number of nitrogens with two attached hydrogens (primary N) is 1. The van der Waals surface area contributed by atoms with E-state index >= 15 is 0 Å². The predicted octanol–water partition coefficient (Wildman–Crippen LogP) is 7.77. The molecule has 0 aromatic carbocycles.